The van der Waals surface area contributed by atoms with Crippen LogP contribution in [0.2, 0.25) is 0 Å². The fraction of sp³-hybridized carbons (Fsp3) is 0.267. The van der Waals surface area contributed by atoms with Crippen LogP contribution >= 0.6 is 0 Å². The van der Waals surface area contributed by atoms with Gasteiger partial charge in [0.1, 0.15) is 0 Å². The molecule has 0 aliphatic heterocycles. The molecule has 2 aromatic rings. The number of carbonyl (C=O) groups is 1. The van der Waals surface area contributed by atoms with Crippen molar-refractivity contribution < 1.29 is 9.53 Å². The molecule has 0 amide bonds. The number of rotatable bonds is 4. The Kier molecular flexibility index (Phi) is 4.30. The molecule has 0 aliphatic rings. The summed E-state index contributed by atoms with van der Waals surface area (Å²) in [5.74, 6) is -0.725. The smallest absolute Gasteiger partial charge is 0.362 e. The van der Waals surface area contributed by atoms with Crippen LogP contribution in [-0.4, -0.2) is 22.9 Å². The average molecular weight is 272 g/mol. The zero-order valence-corrected chi connectivity index (χ0v) is 11.5. The highest BCUT2D eigenvalue weighted by atomic mass is 16.5. The molecule has 2 rings (SSSR count). The van der Waals surface area contributed by atoms with Crippen LogP contribution in [0.4, 0.5) is 0 Å². The lowest BCUT2D eigenvalue weighted by atomic mass is 10.1. The van der Waals surface area contributed by atoms with Gasteiger partial charge in [-0.25, -0.2) is 9.48 Å². The van der Waals surface area contributed by atoms with Crippen LogP contribution in [-0.2, 0) is 11.2 Å². The first-order chi connectivity index (χ1) is 9.67. The summed E-state index contributed by atoms with van der Waals surface area (Å²) in [5.41, 5.74) is 1.32. The van der Waals surface area contributed by atoms with E-state index in [1.165, 1.54) is 13.2 Å². The minimum atomic E-state index is -0.725. The van der Waals surface area contributed by atoms with Gasteiger partial charge in [-0.05, 0) is 18.1 Å². The highest BCUT2D eigenvalue weighted by molar-refractivity contribution is 5.86. The molecule has 1 aromatic carbocycles. The maximum Gasteiger partial charge on any atom is 0.362 e. The van der Waals surface area contributed by atoms with E-state index >= 15 is 0 Å². The summed E-state index contributed by atoms with van der Waals surface area (Å²) in [6.07, 6.45) is 3.46. The summed E-state index contributed by atoms with van der Waals surface area (Å²) in [4.78, 5) is 23.2. The molecule has 0 atom stereocenters. The summed E-state index contributed by atoms with van der Waals surface area (Å²) >= 11 is 0. The van der Waals surface area contributed by atoms with Gasteiger partial charge in [0.2, 0.25) is 11.1 Å². The normalized spacial score (nSPS) is 10.3. The Labute approximate surface area is 116 Å². The quantitative estimate of drug-likeness (QED) is 0.798. The van der Waals surface area contributed by atoms with E-state index < -0.39 is 11.4 Å². The molecule has 104 valence electrons. The van der Waals surface area contributed by atoms with E-state index in [0.29, 0.717) is 0 Å². The Morgan fingerprint density at radius 3 is 2.75 bits per heavy atom. The van der Waals surface area contributed by atoms with Crippen molar-refractivity contribution in [3.05, 3.63) is 58.0 Å². The van der Waals surface area contributed by atoms with Crippen LogP contribution in [0.3, 0.4) is 0 Å². The summed E-state index contributed by atoms with van der Waals surface area (Å²) in [6, 6.07) is 9.09. The van der Waals surface area contributed by atoms with Gasteiger partial charge in [-0.1, -0.05) is 31.5 Å². The van der Waals surface area contributed by atoms with Gasteiger partial charge in [-0.15, -0.1) is 0 Å². The number of hydrogen-bond donors (Lipinski definition) is 0. The Hall–Kier alpha value is -2.43. The van der Waals surface area contributed by atoms with Gasteiger partial charge >= 0.3 is 5.97 Å². The number of hydrogen-bond acceptors (Lipinski definition) is 4. The molecule has 0 aliphatic carbocycles. The number of carbonyl (C=O) groups excluding carboxylic acids is 1. The second-order valence-corrected chi connectivity index (χ2v) is 4.34. The van der Waals surface area contributed by atoms with E-state index in [4.69, 9.17) is 0 Å². The number of para-hydroxylation sites is 1. The van der Waals surface area contributed by atoms with E-state index in [1.54, 1.807) is 10.9 Å². The minimum absolute atomic E-state index is 0.207. The van der Waals surface area contributed by atoms with Crippen molar-refractivity contribution in [2.45, 2.75) is 19.8 Å². The third-order valence-electron chi connectivity index (χ3n) is 2.94. The van der Waals surface area contributed by atoms with Crippen LogP contribution < -0.4 is 5.43 Å². The van der Waals surface area contributed by atoms with Crippen molar-refractivity contribution in [3.63, 3.8) is 0 Å². The predicted octanol–water partition coefficient (Wildman–Crippen LogP) is 1.97. The summed E-state index contributed by atoms with van der Waals surface area (Å²) in [5, 5.41) is 4.09. The molecular formula is C15H16N2O3. The van der Waals surface area contributed by atoms with Gasteiger partial charge in [-0.2, -0.15) is 5.10 Å². The van der Waals surface area contributed by atoms with E-state index in [2.05, 4.69) is 16.8 Å². The molecule has 0 saturated heterocycles. The lowest BCUT2D eigenvalue weighted by Crippen LogP contribution is -2.21. The van der Waals surface area contributed by atoms with Crippen LogP contribution in [0.25, 0.3) is 5.69 Å². The van der Waals surface area contributed by atoms with Gasteiger partial charge < -0.3 is 4.74 Å². The molecule has 5 nitrogen and oxygen atoms in total. The Morgan fingerprint density at radius 1 is 1.30 bits per heavy atom. The topological polar surface area (TPSA) is 61.2 Å². The second-order valence-electron chi connectivity index (χ2n) is 4.34. The van der Waals surface area contributed by atoms with E-state index in [-0.39, 0.29) is 5.69 Å². The summed E-state index contributed by atoms with van der Waals surface area (Å²) in [6.45, 7) is 2.09. The number of ether oxygens (including phenoxy) is 1. The van der Waals surface area contributed by atoms with Gasteiger partial charge in [-0.3, -0.25) is 4.79 Å². The van der Waals surface area contributed by atoms with Gasteiger partial charge in [0.15, 0.2) is 0 Å². The fourth-order valence-electron chi connectivity index (χ4n) is 1.99. The molecule has 0 fully saturated rings. The first-order valence-corrected chi connectivity index (χ1v) is 6.44. The maximum atomic E-state index is 11.6. The number of nitrogens with zero attached hydrogens (tertiary/aromatic N) is 2. The van der Waals surface area contributed by atoms with E-state index in [0.717, 1.165) is 24.1 Å². The van der Waals surface area contributed by atoms with Gasteiger partial charge in [0.05, 0.1) is 12.8 Å². The van der Waals surface area contributed by atoms with Crippen molar-refractivity contribution in [1.29, 1.82) is 0 Å². The zero-order valence-electron chi connectivity index (χ0n) is 11.5. The predicted molar refractivity (Wildman–Crippen MR) is 75.2 cm³/mol. The van der Waals surface area contributed by atoms with E-state index in [1.807, 2.05) is 24.3 Å². The number of esters is 1. The largest absolute Gasteiger partial charge is 0.464 e. The molecule has 5 heteroatoms. The highest BCUT2D eigenvalue weighted by Crippen LogP contribution is 2.14. The molecule has 0 bridgehead atoms. The molecule has 1 heterocycles. The summed E-state index contributed by atoms with van der Waals surface area (Å²) < 4.78 is 6.11. The molecular weight excluding hydrogens is 256 g/mol. The molecule has 0 N–H and O–H groups in total. The van der Waals surface area contributed by atoms with Crippen molar-refractivity contribution in [3.8, 4) is 5.69 Å². The lowest BCUT2D eigenvalue weighted by Gasteiger charge is -2.11. The molecule has 0 saturated carbocycles. The van der Waals surface area contributed by atoms with Crippen LogP contribution in [0.5, 0.6) is 0 Å². The average Bonchev–Trinajstić information content (AvgIpc) is 2.48. The Balaban J connectivity index is 2.54. The van der Waals surface area contributed by atoms with Crippen LogP contribution in [0.15, 0.2) is 41.3 Å². The van der Waals surface area contributed by atoms with Crippen molar-refractivity contribution in [2.24, 2.45) is 0 Å². The molecule has 0 spiro atoms. The van der Waals surface area contributed by atoms with Gasteiger partial charge in [0.25, 0.3) is 0 Å². The third-order valence-corrected chi connectivity index (χ3v) is 2.94. The number of aryl methyl sites for hydroxylation is 1. The summed E-state index contributed by atoms with van der Waals surface area (Å²) in [7, 11) is 1.23. The van der Waals surface area contributed by atoms with Crippen molar-refractivity contribution in [2.75, 3.05) is 7.11 Å². The third kappa shape index (κ3) is 2.77. The number of aromatic nitrogens is 2. The first kappa shape index (κ1) is 14.0. The first-order valence-electron chi connectivity index (χ1n) is 6.44. The SMILES string of the molecule is CCCc1ccccc1-n1ccc(=O)c(C(=O)OC)n1. The maximum absolute atomic E-state index is 11.6. The number of benzene rings is 1. The monoisotopic (exact) mass is 272 g/mol. The Bertz CT molecular complexity index is 677. The second kappa shape index (κ2) is 6.14. The fourth-order valence-corrected chi connectivity index (χ4v) is 1.99. The minimum Gasteiger partial charge on any atom is -0.464 e. The van der Waals surface area contributed by atoms with Gasteiger partial charge in [0, 0.05) is 12.3 Å². The van der Waals surface area contributed by atoms with Crippen LogP contribution in [0.1, 0.15) is 29.4 Å². The zero-order chi connectivity index (χ0) is 14.5. The molecule has 0 unspecified atom stereocenters. The Morgan fingerprint density at radius 2 is 2.05 bits per heavy atom. The molecule has 20 heavy (non-hydrogen) atoms. The number of methoxy groups -OCH3 is 1. The van der Waals surface area contributed by atoms with Crippen molar-refractivity contribution in [1.82, 2.24) is 9.78 Å². The van der Waals surface area contributed by atoms with Crippen LogP contribution in [0, 0.1) is 0 Å². The molecule has 0 radical (unpaired) electrons. The standard InChI is InChI=1S/C15H16N2O3/c1-3-6-11-7-4-5-8-12(11)17-10-9-13(18)14(16-17)15(19)20-2/h4-5,7-10H,3,6H2,1-2H3. The lowest BCUT2D eigenvalue weighted by molar-refractivity contribution is 0.0590. The molecule has 1 aromatic heterocycles. The highest BCUT2D eigenvalue weighted by Gasteiger charge is 2.14. The van der Waals surface area contributed by atoms with E-state index in [9.17, 15) is 9.59 Å². The van der Waals surface area contributed by atoms with Crippen molar-refractivity contribution >= 4 is 5.97 Å².